The molecule has 0 aliphatic carbocycles. The number of pyridine rings is 1. The van der Waals surface area contributed by atoms with E-state index in [1.54, 1.807) is 0 Å². The monoisotopic (exact) mass is 663 g/mol. The first kappa shape index (κ1) is 31.0. The molecule has 3 nitrogen and oxygen atoms in total. The lowest BCUT2D eigenvalue weighted by Crippen LogP contribution is -1.99. The van der Waals surface area contributed by atoms with E-state index in [-0.39, 0.29) is 0 Å². The Bertz CT molecular complexity index is 2640. The first-order valence-corrected chi connectivity index (χ1v) is 17.5. The second-order valence-electron chi connectivity index (χ2n) is 12.8. The third kappa shape index (κ3) is 6.06. The number of benzene rings is 7. The number of rotatable bonds is 7. The molecule has 244 valence electrons. The Kier molecular flexibility index (Phi) is 8.20. The molecule has 0 amide bonds. The number of fused-ring (bicyclic) bond motifs is 1. The van der Waals surface area contributed by atoms with Crippen LogP contribution in [0.4, 0.5) is 0 Å². The van der Waals surface area contributed by atoms with Gasteiger partial charge < -0.3 is 0 Å². The molecule has 0 bridgehead atoms. The fourth-order valence-corrected chi connectivity index (χ4v) is 6.93. The van der Waals surface area contributed by atoms with Crippen LogP contribution in [0.25, 0.3) is 89.3 Å². The van der Waals surface area contributed by atoms with Crippen LogP contribution >= 0.6 is 0 Å². The Hall–Kier alpha value is -6.97. The molecular formula is C49H33N3. The van der Waals surface area contributed by atoms with Crippen molar-refractivity contribution in [3.05, 3.63) is 200 Å². The molecule has 0 saturated carbocycles. The molecule has 0 fully saturated rings. The molecule has 2 heterocycles. The van der Waals surface area contributed by atoms with Gasteiger partial charge in [-0.3, -0.25) is 4.98 Å². The van der Waals surface area contributed by atoms with Crippen molar-refractivity contribution in [1.82, 2.24) is 15.0 Å². The van der Waals surface area contributed by atoms with Gasteiger partial charge >= 0.3 is 0 Å². The van der Waals surface area contributed by atoms with E-state index < -0.39 is 0 Å². The van der Waals surface area contributed by atoms with Crippen LogP contribution in [0.15, 0.2) is 200 Å². The topological polar surface area (TPSA) is 38.7 Å². The Morgan fingerprint density at radius 2 is 0.673 bits per heavy atom. The van der Waals surface area contributed by atoms with Crippen molar-refractivity contribution in [3.63, 3.8) is 0 Å². The lowest BCUT2D eigenvalue weighted by atomic mass is 9.93. The molecule has 0 atom stereocenters. The minimum absolute atomic E-state index is 0.835. The van der Waals surface area contributed by atoms with E-state index >= 15 is 0 Å². The summed E-state index contributed by atoms with van der Waals surface area (Å²) in [6.07, 6.45) is 1.83. The summed E-state index contributed by atoms with van der Waals surface area (Å²) >= 11 is 0. The standard InChI is InChI=1S/C49H33N3/c1-4-14-34(15-5-1)39-20-12-22-41(32-39)43-29-30-44(42-23-13-21-40(33-42)35-16-6-2-7-17-35)49-48(43)51-46(37-18-8-3-9-19-37)47(52-49)38-27-25-36(26-28-38)45-24-10-11-31-50-45/h1-33H. The Labute approximate surface area is 303 Å². The van der Waals surface area contributed by atoms with E-state index in [9.17, 15) is 0 Å². The van der Waals surface area contributed by atoms with Crippen molar-refractivity contribution in [3.8, 4) is 78.3 Å². The lowest BCUT2D eigenvalue weighted by molar-refractivity contribution is 1.29. The predicted molar refractivity (Wildman–Crippen MR) is 215 cm³/mol. The molecule has 2 aromatic heterocycles. The van der Waals surface area contributed by atoms with Gasteiger partial charge in [0, 0.05) is 34.0 Å². The van der Waals surface area contributed by atoms with Gasteiger partial charge in [-0.2, -0.15) is 0 Å². The van der Waals surface area contributed by atoms with Gasteiger partial charge in [0.05, 0.1) is 28.1 Å². The van der Waals surface area contributed by atoms with Crippen molar-refractivity contribution >= 4 is 11.0 Å². The molecule has 9 rings (SSSR count). The van der Waals surface area contributed by atoms with E-state index in [0.29, 0.717) is 0 Å². The molecule has 0 unspecified atom stereocenters. The van der Waals surface area contributed by atoms with Crippen molar-refractivity contribution in [1.29, 1.82) is 0 Å². The second kappa shape index (κ2) is 13.7. The minimum Gasteiger partial charge on any atom is -0.256 e. The Morgan fingerprint density at radius 1 is 0.269 bits per heavy atom. The summed E-state index contributed by atoms with van der Waals surface area (Å²) in [6, 6.07) is 67.8. The lowest BCUT2D eigenvalue weighted by Gasteiger charge is -2.17. The molecule has 0 spiro atoms. The maximum absolute atomic E-state index is 5.59. The Balaban J connectivity index is 1.29. The molecule has 0 saturated heterocycles. The van der Waals surface area contributed by atoms with Crippen LogP contribution in [0.2, 0.25) is 0 Å². The molecular weight excluding hydrogens is 631 g/mol. The van der Waals surface area contributed by atoms with Crippen LogP contribution in [-0.2, 0) is 0 Å². The zero-order chi connectivity index (χ0) is 34.7. The molecule has 9 aromatic rings. The molecule has 7 aromatic carbocycles. The first-order valence-electron chi connectivity index (χ1n) is 17.5. The van der Waals surface area contributed by atoms with Crippen LogP contribution in [0.1, 0.15) is 0 Å². The summed E-state index contributed by atoms with van der Waals surface area (Å²) < 4.78 is 0. The van der Waals surface area contributed by atoms with Crippen molar-refractivity contribution in [2.24, 2.45) is 0 Å². The third-order valence-electron chi connectivity index (χ3n) is 9.55. The highest BCUT2D eigenvalue weighted by atomic mass is 14.8. The molecule has 0 radical (unpaired) electrons. The highest BCUT2D eigenvalue weighted by Crippen LogP contribution is 2.40. The third-order valence-corrected chi connectivity index (χ3v) is 9.55. The fourth-order valence-electron chi connectivity index (χ4n) is 6.93. The summed E-state index contributed by atoms with van der Waals surface area (Å²) in [6.45, 7) is 0. The Morgan fingerprint density at radius 3 is 1.15 bits per heavy atom. The normalized spacial score (nSPS) is 11.1. The summed E-state index contributed by atoms with van der Waals surface area (Å²) in [4.78, 5) is 15.7. The van der Waals surface area contributed by atoms with Gasteiger partial charge in [0.1, 0.15) is 0 Å². The maximum atomic E-state index is 5.59. The quantitative estimate of drug-likeness (QED) is 0.170. The number of nitrogens with zero attached hydrogens (tertiary/aromatic N) is 3. The zero-order valence-corrected chi connectivity index (χ0v) is 28.4. The van der Waals surface area contributed by atoms with E-state index in [1.807, 2.05) is 30.5 Å². The largest absolute Gasteiger partial charge is 0.256 e. The number of aromatic nitrogens is 3. The van der Waals surface area contributed by atoms with Gasteiger partial charge in [-0.1, -0.05) is 170 Å². The molecule has 52 heavy (non-hydrogen) atoms. The van der Waals surface area contributed by atoms with Gasteiger partial charge in [0.25, 0.3) is 0 Å². The van der Waals surface area contributed by atoms with Gasteiger partial charge in [-0.15, -0.1) is 0 Å². The first-order chi connectivity index (χ1) is 25.8. The fraction of sp³-hybridized carbons (Fsp3) is 0. The second-order valence-corrected chi connectivity index (χ2v) is 12.8. The van der Waals surface area contributed by atoms with Crippen LogP contribution in [-0.4, -0.2) is 15.0 Å². The SMILES string of the molecule is c1ccc(-c2cccc(-c3ccc(-c4cccc(-c5ccccc5)c4)c4nc(-c5ccc(-c6ccccn6)cc5)c(-c5ccccc5)nc34)c2)cc1. The van der Waals surface area contributed by atoms with Gasteiger partial charge in [0.2, 0.25) is 0 Å². The molecule has 3 heteroatoms. The van der Waals surface area contributed by atoms with E-state index in [0.717, 1.165) is 78.2 Å². The van der Waals surface area contributed by atoms with Crippen molar-refractivity contribution < 1.29 is 0 Å². The zero-order valence-electron chi connectivity index (χ0n) is 28.4. The molecule has 0 aliphatic rings. The maximum Gasteiger partial charge on any atom is 0.0979 e. The van der Waals surface area contributed by atoms with Crippen molar-refractivity contribution in [2.45, 2.75) is 0 Å². The highest BCUT2D eigenvalue weighted by molar-refractivity contribution is 6.03. The summed E-state index contributed by atoms with van der Waals surface area (Å²) in [7, 11) is 0. The van der Waals surface area contributed by atoms with Crippen LogP contribution in [0.3, 0.4) is 0 Å². The van der Waals surface area contributed by atoms with Gasteiger partial charge in [-0.25, -0.2) is 9.97 Å². The molecule has 0 N–H and O–H groups in total. The van der Waals surface area contributed by atoms with Crippen LogP contribution in [0.5, 0.6) is 0 Å². The van der Waals surface area contributed by atoms with Crippen molar-refractivity contribution in [2.75, 3.05) is 0 Å². The molecule has 0 aliphatic heterocycles. The van der Waals surface area contributed by atoms with Crippen LogP contribution in [0, 0.1) is 0 Å². The van der Waals surface area contributed by atoms with E-state index in [1.165, 1.54) is 11.1 Å². The average Bonchev–Trinajstić information content (AvgIpc) is 3.24. The van der Waals surface area contributed by atoms with Gasteiger partial charge in [-0.05, 0) is 57.6 Å². The number of hydrogen-bond acceptors (Lipinski definition) is 3. The van der Waals surface area contributed by atoms with E-state index in [2.05, 4.69) is 175 Å². The summed E-state index contributed by atoms with van der Waals surface area (Å²) in [5.41, 5.74) is 16.3. The minimum atomic E-state index is 0.835. The summed E-state index contributed by atoms with van der Waals surface area (Å²) in [5.74, 6) is 0. The van der Waals surface area contributed by atoms with Gasteiger partial charge in [0.15, 0.2) is 0 Å². The number of hydrogen-bond donors (Lipinski definition) is 0. The predicted octanol–water partition coefficient (Wildman–Crippen LogP) is 12.7. The average molecular weight is 664 g/mol. The highest BCUT2D eigenvalue weighted by Gasteiger charge is 2.20. The van der Waals surface area contributed by atoms with E-state index in [4.69, 9.17) is 9.97 Å². The smallest absolute Gasteiger partial charge is 0.0979 e. The summed E-state index contributed by atoms with van der Waals surface area (Å²) in [5, 5.41) is 0. The van der Waals surface area contributed by atoms with Crippen LogP contribution < -0.4 is 0 Å².